The van der Waals surface area contributed by atoms with Gasteiger partial charge in [-0.3, -0.25) is 9.59 Å². The minimum atomic E-state index is -0.208. The van der Waals surface area contributed by atoms with Crippen LogP contribution in [0.3, 0.4) is 0 Å². The molecule has 0 radical (unpaired) electrons. The van der Waals surface area contributed by atoms with Crippen LogP contribution in [0.4, 0.5) is 0 Å². The van der Waals surface area contributed by atoms with Crippen LogP contribution in [-0.4, -0.2) is 31.6 Å². The molecule has 0 spiro atoms. The lowest BCUT2D eigenvalue weighted by Gasteiger charge is -2.26. The van der Waals surface area contributed by atoms with E-state index in [-0.39, 0.29) is 30.5 Å². The van der Waals surface area contributed by atoms with Crippen molar-refractivity contribution < 1.29 is 19.1 Å². The molecule has 154 valence electrons. The second-order valence-electron chi connectivity index (χ2n) is 7.49. The smallest absolute Gasteiger partial charge is 0.258 e. The summed E-state index contributed by atoms with van der Waals surface area (Å²) in [6.07, 6.45) is 3.02. The van der Waals surface area contributed by atoms with Gasteiger partial charge in [-0.1, -0.05) is 24.3 Å². The molecular weight excluding hydrogens is 368 g/mol. The van der Waals surface area contributed by atoms with Crippen LogP contribution >= 0.6 is 0 Å². The Bertz CT molecular complexity index is 879. The Hall–Kier alpha value is -3.02. The summed E-state index contributed by atoms with van der Waals surface area (Å²) in [5.41, 5.74) is 2.98. The van der Waals surface area contributed by atoms with E-state index < -0.39 is 0 Å². The van der Waals surface area contributed by atoms with Gasteiger partial charge in [-0.25, -0.2) is 0 Å². The first kappa shape index (κ1) is 20.7. The molecule has 29 heavy (non-hydrogen) atoms. The SMILES string of the molecule is COc1cc(C(=O)NC2CCCc3ccccc32)ccc1OCC(=O)NC(C)C. The van der Waals surface area contributed by atoms with E-state index in [1.807, 2.05) is 26.0 Å². The number of hydrogen-bond acceptors (Lipinski definition) is 4. The van der Waals surface area contributed by atoms with E-state index in [0.29, 0.717) is 17.1 Å². The highest BCUT2D eigenvalue weighted by atomic mass is 16.5. The molecule has 2 amide bonds. The van der Waals surface area contributed by atoms with E-state index in [9.17, 15) is 9.59 Å². The number of carbonyl (C=O) groups excluding carboxylic acids is 2. The molecule has 0 bridgehead atoms. The molecule has 0 fully saturated rings. The summed E-state index contributed by atoms with van der Waals surface area (Å²) in [5, 5.41) is 5.90. The molecule has 0 heterocycles. The lowest BCUT2D eigenvalue weighted by molar-refractivity contribution is -0.123. The number of nitrogens with one attached hydrogen (secondary N) is 2. The monoisotopic (exact) mass is 396 g/mol. The van der Waals surface area contributed by atoms with Gasteiger partial charge in [-0.05, 0) is 62.4 Å². The maximum absolute atomic E-state index is 12.8. The fraction of sp³-hybridized carbons (Fsp3) is 0.391. The minimum absolute atomic E-state index is 0.00843. The summed E-state index contributed by atoms with van der Waals surface area (Å²) in [7, 11) is 1.51. The van der Waals surface area contributed by atoms with Crippen molar-refractivity contribution in [1.29, 1.82) is 0 Å². The van der Waals surface area contributed by atoms with Crippen LogP contribution in [0.5, 0.6) is 11.5 Å². The van der Waals surface area contributed by atoms with Crippen LogP contribution in [0, 0.1) is 0 Å². The largest absolute Gasteiger partial charge is 0.493 e. The summed E-state index contributed by atoms with van der Waals surface area (Å²) in [5.74, 6) is 0.471. The average molecular weight is 396 g/mol. The zero-order valence-electron chi connectivity index (χ0n) is 17.2. The van der Waals surface area contributed by atoms with Gasteiger partial charge in [0.2, 0.25) is 0 Å². The highest BCUT2D eigenvalue weighted by Crippen LogP contribution is 2.31. The van der Waals surface area contributed by atoms with Gasteiger partial charge in [0, 0.05) is 11.6 Å². The molecule has 2 aromatic rings. The topological polar surface area (TPSA) is 76.7 Å². The van der Waals surface area contributed by atoms with Gasteiger partial charge in [0.25, 0.3) is 11.8 Å². The molecule has 0 saturated heterocycles. The van der Waals surface area contributed by atoms with Crippen molar-refractivity contribution in [1.82, 2.24) is 10.6 Å². The van der Waals surface area contributed by atoms with Crippen LogP contribution < -0.4 is 20.1 Å². The number of ether oxygens (including phenoxy) is 2. The van der Waals surface area contributed by atoms with E-state index in [1.165, 1.54) is 18.2 Å². The molecule has 2 aromatic carbocycles. The Morgan fingerprint density at radius 1 is 1.14 bits per heavy atom. The van der Waals surface area contributed by atoms with Crippen molar-refractivity contribution in [2.75, 3.05) is 13.7 Å². The molecule has 1 aliphatic rings. The number of hydrogen-bond donors (Lipinski definition) is 2. The number of carbonyl (C=O) groups is 2. The van der Waals surface area contributed by atoms with E-state index in [0.717, 1.165) is 19.3 Å². The van der Waals surface area contributed by atoms with Gasteiger partial charge in [-0.15, -0.1) is 0 Å². The predicted octanol–water partition coefficient (Wildman–Crippen LogP) is 3.41. The standard InChI is InChI=1S/C23H28N2O4/c1-15(2)24-22(26)14-29-20-12-11-17(13-21(20)28-3)23(27)25-19-10-6-8-16-7-4-5-9-18(16)19/h4-5,7,9,11-13,15,19H,6,8,10,14H2,1-3H3,(H,24,26)(H,25,27). The number of aryl methyl sites for hydroxylation is 1. The predicted molar refractivity (Wildman–Crippen MR) is 111 cm³/mol. The number of methoxy groups -OCH3 is 1. The maximum atomic E-state index is 12.8. The van der Waals surface area contributed by atoms with Gasteiger partial charge in [0.05, 0.1) is 13.2 Å². The normalized spacial score (nSPS) is 15.4. The third kappa shape index (κ3) is 5.28. The van der Waals surface area contributed by atoms with Crippen LogP contribution in [0.25, 0.3) is 0 Å². The summed E-state index contributed by atoms with van der Waals surface area (Å²) in [6.45, 7) is 3.66. The Kier molecular flexibility index (Phi) is 6.75. The molecule has 3 rings (SSSR count). The first-order valence-corrected chi connectivity index (χ1v) is 9.96. The molecule has 1 aliphatic carbocycles. The molecule has 6 nitrogen and oxygen atoms in total. The number of rotatable bonds is 7. The summed E-state index contributed by atoms with van der Waals surface area (Å²) in [6, 6.07) is 13.3. The third-order valence-corrected chi connectivity index (χ3v) is 4.91. The fourth-order valence-electron chi connectivity index (χ4n) is 3.58. The fourth-order valence-corrected chi connectivity index (χ4v) is 3.58. The van der Waals surface area contributed by atoms with Crippen molar-refractivity contribution in [3.8, 4) is 11.5 Å². The van der Waals surface area contributed by atoms with Crippen LogP contribution in [0.2, 0.25) is 0 Å². The van der Waals surface area contributed by atoms with Crippen molar-refractivity contribution in [3.63, 3.8) is 0 Å². The van der Waals surface area contributed by atoms with Crippen molar-refractivity contribution >= 4 is 11.8 Å². The number of benzene rings is 2. The van der Waals surface area contributed by atoms with Crippen molar-refractivity contribution in [3.05, 3.63) is 59.2 Å². The number of fused-ring (bicyclic) bond motifs is 1. The second-order valence-corrected chi connectivity index (χ2v) is 7.49. The summed E-state index contributed by atoms with van der Waals surface area (Å²) >= 11 is 0. The Morgan fingerprint density at radius 2 is 1.93 bits per heavy atom. The maximum Gasteiger partial charge on any atom is 0.258 e. The quantitative estimate of drug-likeness (QED) is 0.752. The average Bonchev–Trinajstić information content (AvgIpc) is 2.72. The van der Waals surface area contributed by atoms with Gasteiger partial charge in [-0.2, -0.15) is 0 Å². The van der Waals surface area contributed by atoms with Gasteiger partial charge in [0.1, 0.15) is 0 Å². The highest BCUT2D eigenvalue weighted by Gasteiger charge is 2.22. The minimum Gasteiger partial charge on any atom is -0.493 e. The Balaban J connectivity index is 1.68. The van der Waals surface area contributed by atoms with E-state index in [4.69, 9.17) is 9.47 Å². The van der Waals surface area contributed by atoms with Crippen LogP contribution in [0.15, 0.2) is 42.5 Å². The molecule has 1 unspecified atom stereocenters. The van der Waals surface area contributed by atoms with Gasteiger partial charge >= 0.3 is 0 Å². The third-order valence-electron chi connectivity index (χ3n) is 4.91. The van der Waals surface area contributed by atoms with E-state index in [2.05, 4.69) is 22.8 Å². The Labute approximate surface area is 171 Å². The van der Waals surface area contributed by atoms with Crippen molar-refractivity contribution in [2.45, 2.75) is 45.2 Å². The molecule has 6 heteroatoms. The van der Waals surface area contributed by atoms with Crippen molar-refractivity contribution in [2.24, 2.45) is 0 Å². The van der Waals surface area contributed by atoms with E-state index in [1.54, 1.807) is 18.2 Å². The van der Waals surface area contributed by atoms with E-state index >= 15 is 0 Å². The van der Waals surface area contributed by atoms with Crippen LogP contribution in [-0.2, 0) is 11.2 Å². The lowest BCUT2D eigenvalue weighted by atomic mass is 9.87. The molecule has 0 aromatic heterocycles. The summed E-state index contributed by atoms with van der Waals surface area (Å²) in [4.78, 5) is 24.6. The zero-order chi connectivity index (χ0) is 20.8. The highest BCUT2D eigenvalue weighted by molar-refractivity contribution is 5.95. The Morgan fingerprint density at radius 3 is 2.69 bits per heavy atom. The number of amides is 2. The first-order valence-electron chi connectivity index (χ1n) is 9.96. The van der Waals surface area contributed by atoms with Crippen LogP contribution in [0.1, 0.15) is 54.2 Å². The lowest BCUT2D eigenvalue weighted by Crippen LogP contribution is -2.34. The van der Waals surface area contributed by atoms with Gasteiger partial charge in [0.15, 0.2) is 18.1 Å². The first-order chi connectivity index (χ1) is 14.0. The zero-order valence-corrected chi connectivity index (χ0v) is 17.2. The summed E-state index contributed by atoms with van der Waals surface area (Å²) < 4.78 is 10.9. The molecule has 1 atom stereocenters. The second kappa shape index (κ2) is 9.45. The molecular formula is C23H28N2O4. The molecule has 0 aliphatic heterocycles. The molecule has 2 N–H and O–H groups in total. The van der Waals surface area contributed by atoms with Gasteiger partial charge < -0.3 is 20.1 Å². The molecule has 0 saturated carbocycles.